The first kappa shape index (κ1) is 41.4. The number of carbonyl (C=O) groups excluding carboxylic acids is 1. The molecule has 0 fully saturated rings. The molecular formula is C48H52Cl2N6O4. The van der Waals surface area contributed by atoms with Gasteiger partial charge in [-0.2, -0.15) is 5.10 Å². The van der Waals surface area contributed by atoms with E-state index in [2.05, 4.69) is 60.4 Å². The highest BCUT2D eigenvalue weighted by molar-refractivity contribution is 6.35. The van der Waals surface area contributed by atoms with E-state index in [9.17, 15) is 0 Å². The Bertz CT molecular complexity index is 2760. The van der Waals surface area contributed by atoms with Crippen LogP contribution in [0.4, 0.5) is 5.69 Å². The van der Waals surface area contributed by atoms with Gasteiger partial charge in [0, 0.05) is 77.3 Å². The molecule has 4 aromatic heterocycles. The van der Waals surface area contributed by atoms with Crippen LogP contribution in [-0.2, 0) is 24.8 Å². The minimum absolute atomic E-state index is 0.0847. The van der Waals surface area contributed by atoms with Gasteiger partial charge < -0.3 is 28.2 Å². The van der Waals surface area contributed by atoms with Crippen molar-refractivity contribution < 1.29 is 19.0 Å². The zero-order valence-electron chi connectivity index (χ0n) is 35.9. The molecule has 0 spiro atoms. The smallest absolute Gasteiger partial charge is 0.275 e. The van der Waals surface area contributed by atoms with Crippen molar-refractivity contribution in [3.8, 4) is 22.6 Å². The second kappa shape index (κ2) is 16.6. The third-order valence-corrected chi connectivity index (χ3v) is 12.6. The van der Waals surface area contributed by atoms with Crippen molar-refractivity contribution in [1.82, 2.24) is 23.9 Å². The van der Waals surface area contributed by atoms with Gasteiger partial charge in [-0.05, 0) is 126 Å². The first-order valence-electron chi connectivity index (χ1n) is 20.5. The van der Waals surface area contributed by atoms with E-state index in [1.54, 1.807) is 7.11 Å². The summed E-state index contributed by atoms with van der Waals surface area (Å²) in [5, 5.41) is 8.11. The number of benzene rings is 3. The van der Waals surface area contributed by atoms with E-state index < -0.39 is 0 Å². The first-order chi connectivity index (χ1) is 28.7. The number of amides is 1. The summed E-state index contributed by atoms with van der Waals surface area (Å²) in [5.74, 6) is 1.37. The number of halogens is 2. The van der Waals surface area contributed by atoms with E-state index in [0.717, 1.165) is 94.4 Å². The molecule has 1 aliphatic heterocycles. The molecule has 12 heteroatoms. The number of pyridine rings is 1. The van der Waals surface area contributed by atoms with Crippen LogP contribution >= 0.6 is 23.2 Å². The van der Waals surface area contributed by atoms with Crippen LogP contribution < -0.4 is 14.4 Å². The number of carbonyl (C=O) groups is 1. The molecule has 0 bridgehead atoms. The number of rotatable bonds is 13. The Morgan fingerprint density at radius 2 is 1.58 bits per heavy atom. The number of methoxy groups -OCH3 is 1. The highest BCUT2D eigenvalue weighted by atomic mass is 35.5. The van der Waals surface area contributed by atoms with Crippen LogP contribution in [0.1, 0.15) is 74.9 Å². The Morgan fingerprint density at radius 1 is 0.850 bits per heavy atom. The fraction of sp³-hybridized carbons (Fsp3) is 0.354. The van der Waals surface area contributed by atoms with E-state index in [1.807, 2.05) is 74.7 Å². The van der Waals surface area contributed by atoms with Gasteiger partial charge in [-0.25, -0.2) is 0 Å². The van der Waals surface area contributed by atoms with Gasteiger partial charge in [0.15, 0.2) is 0 Å². The molecular weight excluding hydrogens is 795 g/mol. The Morgan fingerprint density at radius 3 is 2.28 bits per heavy atom. The molecule has 1 amide bonds. The predicted molar refractivity (Wildman–Crippen MR) is 242 cm³/mol. The monoisotopic (exact) mass is 846 g/mol. The summed E-state index contributed by atoms with van der Waals surface area (Å²) in [6.07, 6.45) is 3.35. The number of nitrogens with zero attached hydrogens (tertiary/aromatic N) is 6. The summed E-state index contributed by atoms with van der Waals surface area (Å²) in [4.78, 5) is 22.4. The van der Waals surface area contributed by atoms with Crippen molar-refractivity contribution in [3.63, 3.8) is 0 Å². The van der Waals surface area contributed by atoms with E-state index in [1.165, 1.54) is 0 Å². The van der Waals surface area contributed by atoms with Crippen molar-refractivity contribution >= 4 is 56.6 Å². The van der Waals surface area contributed by atoms with Gasteiger partial charge in [0.2, 0.25) is 0 Å². The molecule has 7 aromatic rings. The maximum absolute atomic E-state index is 15.6. The van der Waals surface area contributed by atoms with Crippen LogP contribution in [0.3, 0.4) is 0 Å². The molecule has 3 aromatic carbocycles. The lowest BCUT2D eigenvalue weighted by molar-refractivity contribution is 0.0957. The van der Waals surface area contributed by atoms with Crippen molar-refractivity contribution in [2.45, 2.75) is 73.9 Å². The molecule has 1 aliphatic rings. The SMILES string of the molecule is COCCOc1cc(N2C[C@@H](C)n3c(c(CCCOc4cc(C)c(Cl)c(C)c4)c4ccc(Cl)c(-c5c(C)nn(C)c5C)c43)C2=O)c2c(ccn2Cc2cc(C)cc(C)n2)c1. The topological polar surface area (TPSA) is 88.6 Å². The third-order valence-electron chi connectivity index (χ3n) is 11.7. The minimum Gasteiger partial charge on any atom is -0.494 e. The van der Waals surface area contributed by atoms with Gasteiger partial charge in [-0.1, -0.05) is 29.3 Å². The fourth-order valence-electron chi connectivity index (χ4n) is 9.08. The molecule has 10 nitrogen and oxygen atoms in total. The number of aryl methyl sites for hydroxylation is 7. The molecule has 0 saturated heterocycles. The highest BCUT2D eigenvalue weighted by Crippen LogP contribution is 2.46. The number of anilines is 1. The molecule has 0 unspecified atom stereocenters. The van der Waals surface area contributed by atoms with Gasteiger partial charge in [-0.3, -0.25) is 14.5 Å². The van der Waals surface area contributed by atoms with Crippen LogP contribution in [-0.4, -0.2) is 63.3 Å². The molecule has 1 atom stereocenters. The van der Waals surface area contributed by atoms with E-state index in [0.29, 0.717) is 62.2 Å². The summed E-state index contributed by atoms with van der Waals surface area (Å²) < 4.78 is 24.2. The molecule has 8 rings (SSSR count). The Balaban J connectivity index is 1.28. The van der Waals surface area contributed by atoms with Crippen LogP contribution in [0.15, 0.2) is 60.8 Å². The zero-order chi connectivity index (χ0) is 42.6. The number of ether oxygens (including phenoxy) is 3. The van der Waals surface area contributed by atoms with E-state index >= 15 is 4.79 Å². The van der Waals surface area contributed by atoms with Crippen molar-refractivity contribution in [2.75, 3.05) is 38.4 Å². The number of hydrogen-bond acceptors (Lipinski definition) is 6. The van der Waals surface area contributed by atoms with Gasteiger partial charge >= 0.3 is 0 Å². The maximum Gasteiger partial charge on any atom is 0.275 e. The average molecular weight is 848 g/mol. The van der Waals surface area contributed by atoms with Crippen LogP contribution in [0.25, 0.3) is 32.9 Å². The van der Waals surface area contributed by atoms with Crippen LogP contribution in [0, 0.1) is 41.5 Å². The first-order valence-corrected chi connectivity index (χ1v) is 21.3. The summed E-state index contributed by atoms with van der Waals surface area (Å²) in [7, 11) is 3.61. The van der Waals surface area contributed by atoms with Gasteiger partial charge in [-0.15, -0.1) is 0 Å². The Labute approximate surface area is 361 Å². The lowest BCUT2D eigenvalue weighted by Gasteiger charge is -2.35. The second-order valence-corrected chi connectivity index (χ2v) is 17.0. The Hall–Kier alpha value is -5.29. The molecule has 312 valence electrons. The van der Waals surface area contributed by atoms with E-state index in [4.69, 9.17) is 47.5 Å². The lowest BCUT2D eigenvalue weighted by Crippen LogP contribution is -2.43. The van der Waals surface area contributed by atoms with Crippen LogP contribution in [0.5, 0.6) is 11.5 Å². The maximum atomic E-state index is 15.6. The fourth-order valence-corrected chi connectivity index (χ4v) is 9.44. The Kier molecular flexibility index (Phi) is 11.5. The molecule has 0 aliphatic carbocycles. The van der Waals surface area contributed by atoms with Crippen molar-refractivity contribution in [1.29, 1.82) is 0 Å². The summed E-state index contributed by atoms with van der Waals surface area (Å²) in [6.45, 7) is 16.6. The number of fused-ring (bicyclic) bond motifs is 4. The summed E-state index contributed by atoms with van der Waals surface area (Å²) >= 11 is 13.7. The van der Waals surface area contributed by atoms with Gasteiger partial charge in [0.25, 0.3) is 5.91 Å². The second-order valence-electron chi connectivity index (χ2n) is 16.2. The third kappa shape index (κ3) is 7.54. The van der Waals surface area contributed by atoms with Crippen LogP contribution in [0.2, 0.25) is 10.0 Å². The standard InChI is InChI=1S/C48H52Cl2N6O4/c1-27-19-30(4)51-35(20-27)26-54-15-14-34-23-37(60-18-17-58-9)24-41(45(34)54)55-25-31(5)56-46-39(12-13-40(49)43(46)42-32(6)52-53(8)33(42)7)38(47(56)48(55)57)11-10-16-59-36-21-28(2)44(50)29(3)22-36/h12-15,19-24,31H,10-11,16-18,25-26H2,1-9H3/t31-/m1/s1. The number of aromatic nitrogens is 5. The average Bonchev–Trinajstić information content (AvgIpc) is 3.83. The summed E-state index contributed by atoms with van der Waals surface area (Å²) in [6, 6.07) is 18.2. The lowest BCUT2D eigenvalue weighted by atomic mass is 9.98. The normalized spacial score (nSPS) is 14.2. The predicted octanol–water partition coefficient (Wildman–Crippen LogP) is 10.9. The van der Waals surface area contributed by atoms with Crippen molar-refractivity contribution in [2.24, 2.45) is 7.05 Å². The van der Waals surface area contributed by atoms with Crippen molar-refractivity contribution in [3.05, 3.63) is 122 Å². The summed E-state index contributed by atoms with van der Waals surface area (Å²) in [5.41, 5.74) is 13.1. The molecule has 60 heavy (non-hydrogen) atoms. The minimum atomic E-state index is -0.127. The van der Waals surface area contributed by atoms with Gasteiger partial charge in [0.1, 0.15) is 23.8 Å². The molecule has 5 heterocycles. The molecule has 0 radical (unpaired) electrons. The largest absolute Gasteiger partial charge is 0.494 e. The zero-order valence-corrected chi connectivity index (χ0v) is 37.4. The van der Waals surface area contributed by atoms with Gasteiger partial charge in [0.05, 0.1) is 52.9 Å². The molecule has 0 N–H and O–H groups in total. The number of hydrogen-bond donors (Lipinski definition) is 0. The highest BCUT2D eigenvalue weighted by Gasteiger charge is 2.38. The quantitative estimate of drug-likeness (QED) is 0.107. The molecule has 0 saturated carbocycles. The van der Waals surface area contributed by atoms with E-state index in [-0.39, 0.29) is 11.9 Å².